The van der Waals surface area contributed by atoms with Crippen molar-refractivity contribution in [3.8, 4) is 89.0 Å². The number of anilines is 6. The topological polar surface area (TPSA) is 19.6 Å². The van der Waals surface area contributed by atoms with Crippen LogP contribution in [-0.2, 0) is 0 Å². The highest BCUT2D eigenvalue weighted by molar-refractivity contribution is 7.27. The van der Waals surface area contributed by atoms with Gasteiger partial charge in [0.25, 0.3) is 0 Å². The van der Waals surface area contributed by atoms with E-state index in [-0.39, 0.29) is 0 Å². The maximum absolute atomic E-state index is 6.57. The van der Waals surface area contributed by atoms with Crippen LogP contribution in [0.4, 0.5) is 34.1 Å². The van der Waals surface area contributed by atoms with Crippen LogP contribution in [0.2, 0.25) is 0 Å². The Morgan fingerprint density at radius 2 is 0.463 bits per heavy atom. The number of rotatable bonds is 14. The minimum atomic E-state index is 0.863. The Hall–Kier alpha value is -13.9. The molecule has 0 spiro atoms. The maximum Gasteiger partial charge on any atom is 0.137 e. The van der Waals surface area contributed by atoms with E-state index >= 15 is 0 Å². The first-order valence-corrected chi connectivity index (χ1v) is 37.6. The van der Waals surface area contributed by atoms with Crippen LogP contribution in [0.5, 0.6) is 0 Å². The molecule has 0 N–H and O–H groups in total. The Balaban J connectivity index is 0.000000147. The molecular formula is C104H70N2OS. The first-order valence-electron chi connectivity index (χ1n) is 36.8. The lowest BCUT2D eigenvalue weighted by Crippen LogP contribution is -2.10. The van der Waals surface area contributed by atoms with E-state index in [0.29, 0.717) is 0 Å². The molecule has 0 aliphatic rings. The van der Waals surface area contributed by atoms with E-state index in [4.69, 9.17) is 4.42 Å². The van der Waals surface area contributed by atoms with Crippen LogP contribution in [0.25, 0.3) is 153 Å². The van der Waals surface area contributed by atoms with Crippen molar-refractivity contribution in [1.82, 2.24) is 0 Å². The Bertz CT molecular complexity index is 6600. The average Bonchev–Trinajstić information content (AvgIpc) is 1.55. The fraction of sp³-hybridized carbons (Fsp3) is 0. The summed E-state index contributed by atoms with van der Waals surface area (Å²) in [4.78, 5) is 4.73. The average molecular weight is 1400 g/mol. The Morgan fingerprint density at radius 3 is 0.870 bits per heavy atom. The monoisotopic (exact) mass is 1390 g/mol. The van der Waals surface area contributed by atoms with E-state index in [1.54, 1.807) is 0 Å². The summed E-state index contributed by atoms with van der Waals surface area (Å²) in [5, 5.41) is 9.74. The molecular weight excluding hydrogens is 1330 g/mol. The Labute approximate surface area is 632 Å². The number of furan rings is 1. The van der Waals surface area contributed by atoms with Crippen molar-refractivity contribution in [1.29, 1.82) is 0 Å². The molecule has 508 valence electrons. The maximum atomic E-state index is 6.57. The van der Waals surface area contributed by atoms with E-state index in [0.717, 1.165) is 55.9 Å². The van der Waals surface area contributed by atoms with Gasteiger partial charge in [0.05, 0.1) is 10.4 Å². The zero-order chi connectivity index (χ0) is 71.7. The predicted octanol–water partition coefficient (Wildman–Crippen LogP) is 30.2. The highest BCUT2D eigenvalue weighted by Gasteiger charge is 2.22. The van der Waals surface area contributed by atoms with Gasteiger partial charge in [-0.25, -0.2) is 0 Å². The summed E-state index contributed by atoms with van der Waals surface area (Å²) in [6.07, 6.45) is 0. The van der Waals surface area contributed by atoms with Crippen molar-refractivity contribution >= 4 is 109 Å². The summed E-state index contributed by atoms with van der Waals surface area (Å²) in [5.74, 6) is 0. The number of thiophene rings is 1. The van der Waals surface area contributed by atoms with E-state index in [2.05, 4.69) is 428 Å². The highest BCUT2D eigenvalue weighted by Crippen LogP contribution is 2.49. The van der Waals surface area contributed by atoms with Crippen LogP contribution < -0.4 is 9.80 Å². The van der Waals surface area contributed by atoms with Gasteiger partial charge in [-0.15, -0.1) is 11.3 Å². The van der Waals surface area contributed by atoms with Crippen LogP contribution >= 0.6 is 11.3 Å². The molecule has 0 saturated carbocycles. The molecule has 2 heterocycles. The zero-order valence-corrected chi connectivity index (χ0v) is 59.9. The second kappa shape index (κ2) is 28.6. The van der Waals surface area contributed by atoms with Crippen LogP contribution in [0.3, 0.4) is 0 Å². The molecule has 0 aliphatic heterocycles. The fourth-order valence-corrected chi connectivity index (χ4v) is 16.7. The lowest BCUT2D eigenvalue weighted by atomic mass is 9.97. The SMILES string of the molecule is c1ccc(-c2ccc(N(c3ccc(-c4ccc5cc(-c6ccccc6)ccc5c4)cc3)c3ccc4c(c3)oc3cc(-c5ccccc5)ccc34)cc2)cc1.c1ccc(-c2ccc(N(c3ccc(-c4ccc5cc(-c6ccccc6)ccc5c4)cc3)c3cccc4c3sc3c(-c5ccccc5)cccc34)cc2)cc1. The summed E-state index contributed by atoms with van der Waals surface area (Å²) in [7, 11) is 0. The zero-order valence-electron chi connectivity index (χ0n) is 59.1. The number of benzene rings is 18. The molecule has 0 atom stereocenters. The second-order valence-corrected chi connectivity index (χ2v) is 28.6. The van der Waals surface area contributed by atoms with Crippen LogP contribution in [-0.4, -0.2) is 0 Å². The minimum absolute atomic E-state index is 0.863. The van der Waals surface area contributed by atoms with Gasteiger partial charge in [-0.3, -0.25) is 0 Å². The molecule has 0 radical (unpaired) electrons. The molecule has 3 nitrogen and oxygen atoms in total. The van der Waals surface area contributed by atoms with Gasteiger partial charge in [0.15, 0.2) is 0 Å². The number of hydrogen-bond acceptors (Lipinski definition) is 4. The molecule has 20 aromatic rings. The normalized spacial score (nSPS) is 11.3. The van der Waals surface area contributed by atoms with Crippen LogP contribution in [0.15, 0.2) is 429 Å². The van der Waals surface area contributed by atoms with E-state index in [9.17, 15) is 0 Å². The quantitative estimate of drug-likeness (QED) is 0.108. The highest BCUT2D eigenvalue weighted by atomic mass is 32.1. The van der Waals surface area contributed by atoms with Gasteiger partial charge in [-0.1, -0.05) is 315 Å². The Morgan fingerprint density at radius 1 is 0.176 bits per heavy atom. The van der Waals surface area contributed by atoms with Gasteiger partial charge >= 0.3 is 0 Å². The minimum Gasteiger partial charge on any atom is -0.456 e. The molecule has 0 aliphatic carbocycles. The predicted molar refractivity (Wildman–Crippen MR) is 461 cm³/mol. The lowest BCUT2D eigenvalue weighted by Gasteiger charge is -2.26. The van der Waals surface area contributed by atoms with Gasteiger partial charge in [-0.2, -0.15) is 0 Å². The number of nitrogens with zero attached hydrogens (tertiary/aromatic N) is 2. The van der Waals surface area contributed by atoms with Gasteiger partial charge in [-0.05, 0) is 214 Å². The first kappa shape index (κ1) is 64.9. The van der Waals surface area contributed by atoms with Crippen molar-refractivity contribution in [2.45, 2.75) is 0 Å². The smallest absolute Gasteiger partial charge is 0.137 e. The van der Waals surface area contributed by atoms with Crippen molar-refractivity contribution in [3.05, 3.63) is 425 Å². The summed E-state index contributed by atoms with van der Waals surface area (Å²) in [5.41, 5.74) is 27.7. The molecule has 2 aromatic heterocycles. The number of fused-ring (bicyclic) bond motifs is 8. The second-order valence-electron chi connectivity index (χ2n) is 27.5. The van der Waals surface area contributed by atoms with Crippen molar-refractivity contribution < 1.29 is 4.42 Å². The van der Waals surface area contributed by atoms with E-state index in [1.807, 2.05) is 17.4 Å². The summed E-state index contributed by atoms with van der Waals surface area (Å²) in [6, 6.07) is 153. The standard InChI is InChI=1S/C52H35NO.C52H35NS/c1-4-10-36(11-5-1)39-20-25-46(26-21-39)53(48-29-31-50-49-30-24-45(38-14-8-3-9-15-38)34-51(49)54-52(50)35-48)47-27-22-40(23-28-47)42-17-19-43-32-41(16-18-44(43)33-42)37-12-6-2-7-13-37;1-4-12-36(13-5-1)38-26-30-45(31-27-38)53(50-21-11-20-49-48-19-10-18-47(51(48)54-52(49)50)40-16-8-3-9-17-40)46-32-28-39(29-33-46)42-23-25-43-34-41(22-24-44(43)35-42)37-14-6-2-7-15-37/h2*1-35H. The van der Waals surface area contributed by atoms with Crippen LogP contribution in [0.1, 0.15) is 0 Å². The third-order valence-electron chi connectivity index (χ3n) is 20.9. The van der Waals surface area contributed by atoms with Crippen molar-refractivity contribution in [2.24, 2.45) is 0 Å². The first-order chi connectivity index (χ1) is 53.5. The molecule has 0 fully saturated rings. The molecule has 4 heteroatoms. The van der Waals surface area contributed by atoms with Gasteiger partial charge in [0.1, 0.15) is 11.2 Å². The van der Waals surface area contributed by atoms with Crippen molar-refractivity contribution in [2.75, 3.05) is 9.80 Å². The molecule has 0 bridgehead atoms. The molecule has 108 heavy (non-hydrogen) atoms. The molecule has 0 saturated heterocycles. The molecule has 0 unspecified atom stereocenters. The van der Waals surface area contributed by atoms with E-state index < -0.39 is 0 Å². The molecule has 18 aromatic carbocycles. The third-order valence-corrected chi connectivity index (χ3v) is 22.2. The van der Waals surface area contributed by atoms with Gasteiger partial charge < -0.3 is 14.2 Å². The van der Waals surface area contributed by atoms with Crippen LogP contribution in [0, 0.1) is 0 Å². The molecule has 20 rings (SSSR count). The molecule has 0 amide bonds. The summed E-state index contributed by atoms with van der Waals surface area (Å²) >= 11 is 1.89. The van der Waals surface area contributed by atoms with Gasteiger partial charge in [0.2, 0.25) is 0 Å². The third kappa shape index (κ3) is 12.8. The van der Waals surface area contributed by atoms with Crippen molar-refractivity contribution in [3.63, 3.8) is 0 Å². The largest absolute Gasteiger partial charge is 0.456 e. The van der Waals surface area contributed by atoms with Gasteiger partial charge in [0, 0.05) is 60.7 Å². The fourth-order valence-electron chi connectivity index (χ4n) is 15.4. The number of hydrogen-bond donors (Lipinski definition) is 0. The Kier molecular flexibility index (Phi) is 17.2. The summed E-state index contributed by atoms with van der Waals surface area (Å²) in [6.45, 7) is 0. The lowest BCUT2D eigenvalue weighted by molar-refractivity contribution is 0.669. The summed E-state index contributed by atoms with van der Waals surface area (Å²) < 4.78 is 9.16. The van der Waals surface area contributed by atoms with E-state index in [1.165, 1.54) is 131 Å².